The molecule has 4 heteroatoms. The Morgan fingerprint density at radius 1 is 0.875 bits per heavy atom. The Morgan fingerprint density at radius 3 is 2.33 bits per heavy atom. The number of benzene rings is 3. The van der Waals surface area contributed by atoms with Gasteiger partial charge in [-0.15, -0.1) is 0 Å². The molecule has 3 N–H and O–H groups in total. The zero-order valence-electron chi connectivity index (χ0n) is 13.1. The van der Waals surface area contributed by atoms with E-state index in [2.05, 4.69) is 17.4 Å². The van der Waals surface area contributed by atoms with Crippen LogP contribution in [0.25, 0.3) is 0 Å². The molecule has 120 valence electrons. The van der Waals surface area contributed by atoms with E-state index < -0.39 is 5.91 Å². The van der Waals surface area contributed by atoms with Crippen LogP contribution in [0.5, 0.6) is 11.5 Å². The molecule has 0 spiro atoms. The van der Waals surface area contributed by atoms with E-state index in [0.717, 1.165) is 12.2 Å². The molecular formula is C20H18N2O2. The molecule has 0 aliphatic carbocycles. The fourth-order valence-corrected chi connectivity index (χ4v) is 2.29. The van der Waals surface area contributed by atoms with E-state index in [-0.39, 0.29) is 0 Å². The average molecular weight is 318 g/mol. The van der Waals surface area contributed by atoms with Crippen LogP contribution >= 0.6 is 0 Å². The molecule has 0 atom stereocenters. The number of ether oxygens (including phenoxy) is 1. The summed E-state index contributed by atoms with van der Waals surface area (Å²) in [5, 5.41) is 3.36. The summed E-state index contributed by atoms with van der Waals surface area (Å²) in [7, 11) is 0. The molecule has 0 aromatic heterocycles. The van der Waals surface area contributed by atoms with Crippen molar-refractivity contribution in [3.63, 3.8) is 0 Å². The zero-order valence-corrected chi connectivity index (χ0v) is 13.1. The first-order valence-corrected chi connectivity index (χ1v) is 7.66. The van der Waals surface area contributed by atoms with Gasteiger partial charge in [0.25, 0.3) is 0 Å². The van der Waals surface area contributed by atoms with Crippen LogP contribution in [-0.4, -0.2) is 5.91 Å². The van der Waals surface area contributed by atoms with Crippen molar-refractivity contribution < 1.29 is 9.53 Å². The molecule has 0 radical (unpaired) electrons. The Balaban J connectivity index is 1.62. The minimum Gasteiger partial charge on any atom is -0.457 e. The van der Waals surface area contributed by atoms with Crippen LogP contribution in [0.1, 0.15) is 15.9 Å². The van der Waals surface area contributed by atoms with Gasteiger partial charge in [-0.25, -0.2) is 0 Å². The third-order valence-corrected chi connectivity index (χ3v) is 3.55. The largest absolute Gasteiger partial charge is 0.457 e. The van der Waals surface area contributed by atoms with E-state index in [9.17, 15) is 4.79 Å². The first kappa shape index (κ1) is 15.6. The van der Waals surface area contributed by atoms with Crippen molar-refractivity contribution in [2.24, 2.45) is 5.73 Å². The lowest BCUT2D eigenvalue weighted by Crippen LogP contribution is -2.10. The molecule has 1 amide bonds. The number of amides is 1. The molecule has 0 heterocycles. The Labute approximate surface area is 140 Å². The summed E-state index contributed by atoms with van der Waals surface area (Å²) in [4.78, 5) is 11.2. The lowest BCUT2D eigenvalue weighted by molar-refractivity contribution is 0.1000. The topological polar surface area (TPSA) is 64.4 Å². The van der Waals surface area contributed by atoms with E-state index in [4.69, 9.17) is 10.5 Å². The molecule has 4 nitrogen and oxygen atoms in total. The molecule has 3 aromatic rings. The maximum atomic E-state index is 11.2. The number of primary amides is 1. The van der Waals surface area contributed by atoms with Crippen LogP contribution < -0.4 is 15.8 Å². The monoisotopic (exact) mass is 318 g/mol. The van der Waals surface area contributed by atoms with E-state index in [1.807, 2.05) is 42.5 Å². The highest BCUT2D eigenvalue weighted by Crippen LogP contribution is 2.24. The third-order valence-electron chi connectivity index (χ3n) is 3.55. The maximum Gasteiger partial charge on any atom is 0.248 e. The summed E-state index contributed by atoms with van der Waals surface area (Å²) in [6.07, 6.45) is 0. The van der Waals surface area contributed by atoms with Gasteiger partial charge in [0.05, 0.1) is 0 Å². The van der Waals surface area contributed by atoms with E-state index in [1.54, 1.807) is 24.3 Å². The summed E-state index contributed by atoms with van der Waals surface area (Å²) < 4.78 is 5.75. The van der Waals surface area contributed by atoms with Crippen LogP contribution in [0.4, 0.5) is 5.69 Å². The molecule has 0 aliphatic rings. The second-order valence-corrected chi connectivity index (χ2v) is 5.36. The fourth-order valence-electron chi connectivity index (χ4n) is 2.29. The minimum absolute atomic E-state index is 0.425. The van der Waals surface area contributed by atoms with Crippen molar-refractivity contribution >= 4 is 11.6 Å². The zero-order chi connectivity index (χ0) is 16.8. The second-order valence-electron chi connectivity index (χ2n) is 5.36. The summed E-state index contributed by atoms with van der Waals surface area (Å²) in [6.45, 7) is 0.766. The van der Waals surface area contributed by atoms with Crippen LogP contribution in [-0.2, 0) is 6.54 Å². The highest BCUT2D eigenvalue weighted by Gasteiger charge is 2.03. The van der Waals surface area contributed by atoms with Gasteiger partial charge >= 0.3 is 0 Å². The van der Waals surface area contributed by atoms with Crippen molar-refractivity contribution in [3.8, 4) is 11.5 Å². The van der Waals surface area contributed by atoms with E-state index in [0.29, 0.717) is 17.1 Å². The van der Waals surface area contributed by atoms with Crippen molar-refractivity contribution in [2.75, 3.05) is 5.32 Å². The predicted octanol–water partition coefficient (Wildman–Crippen LogP) is 4.19. The van der Waals surface area contributed by atoms with Crippen molar-refractivity contribution in [2.45, 2.75) is 6.54 Å². The Hall–Kier alpha value is -3.27. The van der Waals surface area contributed by atoms with Gasteiger partial charge < -0.3 is 15.8 Å². The van der Waals surface area contributed by atoms with Gasteiger partial charge in [0.15, 0.2) is 0 Å². The number of carbonyl (C=O) groups excluding carboxylic acids is 1. The molecule has 0 saturated heterocycles. The normalized spacial score (nSPS) is 10.2. The number of carbonyl (C=O) groups is 1. The smallest absolute Gasteiger partial charge is 0.248 e. The second kappa shape index (κ2) is 7.33. The van der Waals surface area contributed by atoms with Crippen LogP contribution in [0.15, 0.2) is 78.9 Å². The van der Waals surface area contributed by atoms with E-state index in [1.165, 1.54) is 5.56 Å². The summed E-state index contributed by atoms with van der Waals surface area (Å²) in [6, 6.07) is 24.7. The Bertz CT molecular complexity index is 815. The summed E-state index contributed by atoms with van der Waals surface area (Å²) >= 11 is 0. The fraction of sp³-hybridized carbons (Fsp3) is 0.0500. The lowest BCUT2D eigenvalue weighted by atomic mass is 10.2. The SMILES string of the molecule is NC(=O)c1cccc(Oc2ccc(NCc3ccccc3)cc2)c1. The molecular weight excluding hydrogens is 300 g/mol. The highest BCUT2D eigenvalue weighted by atomic mass is 16.5. The van der Waals surface area contributed by atoms with Gasteiger partial charge in [-0.3, -0.25) is 4.79 Å². The first-order valence-electron chi connectivity index (χ1n) is 7.66. The molecule has 0 fully saturated rings. The molecule has 0 bridgehead atoms. The summed E-state index contributed by atoms with van der Waals surface area (Å²) in [5.74, 6) is 0.805. The lowest BCUT2D eigenvalue weighted by Gasteiger charge is -2.09. The van der Waals surface area contributed by atoms with Gasteiger partial charge in [-0.2, -0.15) is 0 Å². The molecule has 0 aliphatic heterocycles. The predicted molar refractivity (Wildman–Crippen MR) is 95.2 cm³/mol. The molecule has 24 heavy (non-hydrogen) atoms. The van der Waals surface area contributed by atoms with Crippen LogP contribution in [0.3, 0.4) is 0 Å². The van der Waals surface area contributed by atoms with Gasteiger partial charge in [0.2, 0.25) is 5.91 Å². The number of hydrogen-bond donors (Lipinski definition) is 2. The number of rotatable bonds is 6. The minimum atomic E-state index is -0.471. The number of nitrogens with two attached hydrogens (primary N) is 1. The molecule has 0 unspecified atom stereocenters. The van der Waals surface area contributed by atoms with Gasteiger partial charge in [-0.1, -0.05) is 36.4 Å². The van der Waals surface area contributed by atoms with Crippen LogP contribution in [0.2, 0.25) is 0 Å². The maximum absolute atomic E-state index is 11.2. The van der Waals surface area contributed by atoms with Gasteiger partial charge in [0, 0.05) is 17.8 Å². The standard InChI is InChI=1S/C20H18N2O2/c21-20(23)16-7-4-8-19(13-16)24-18-11-9-17(10-12-18)22-14-15-5-2-1-3-6-15/h1-13,22H,14H2,(H2,21,23). The molecule has 3 rings (SSSR count). The van der Waals surface area contributed by atoms with Crippen LogP contribution in [0, 0.1) is 0 Å². The van der Waals surface area contributed by atoms with Crippen molar-refractivity contribution in [1.82, 2.24) is 0 Å². The number of hydrogen-bond acceptors (Lipinski definition) is 3. The third kappa shape index (κ3) is 4.14. The van der Waals surface area contributed by atoms with Crippen molar-refractivity contribution in [3.05, 3.63) is 90.0 Å². The molecule has 0 saturated carbocycles. The van der Waals surface area contributed by atoms with Crippen molar-refractivity contribution in [1.29, 1.82) is 0 Å². The number of nitrogens with one attached hydrogen (secondary N) is 1. The number of anilines is 1. The average Bonchev–Trinajstić information content (AvgIpc) is 2.62. The Kier molecular flexibility index (Phi) is 4.77. The van der Waals surface area contributed by atoms with Gasteiger partial charge in [0.1, 0.15) is 11.5 Å². The van der Waals surface area contributed by atoms with E-state index >= 15 is 0 Å². The van der Waals surface area contributed by atoms with Gasteiger partial charge in [-0.05, 0) is 48.0 Å². The first-order chi connectivity index (χ1) is 11.7. The highest BCUT2D eigenvalue weighted by molar-refractivity contribution is 5.93. The molecule has 3 aromatic carbocycles. The Morgan fingerprint density at radius 2 is 1.62 bits per heavy atom. The summed E-state index contributed by atoms with van der Waals surface area (Å²) in [5.41, 5.74) is 7.93. The quantitative estimate of drug-likeness (QED) is 0.716.